The molecule has 1 aromatic rings. The van der Waals surface area contributed by atoms with E-state index in [9.17, 15) is 9.59 Å². The predicted octanol–water partition coefficient (Wildman–Crippen LogP) is 3.91. The van der Waals surface area contributed by atoms with Crippen molar-refractivity contribution in [3.8, 4) is 5.75 Å². The molecule has 0 unspecified atom stereocenters. The van der Waals surface area contributed by atoms with Crippen molar-refractivity contribution < 1.29 is 14.3 Å². The van der Waals surface area contributed by atoms with Gasteiger partial charge in [-0.15, -0.1) is 0 Å². The van der Waals surface area contributed by atoms with E-state index in [-0.39, 0.29) is 11.8 Å². The number of aryl methyl sites for hydroxylation is 1. The molecular weight excluding hydrogens is 340 g/mol. The Balaban J connectivity index is 1.74. The average Bonchev–Trinajstić information content (AvgIpc) is 2.58. The first-order valence-electron chi connectivity index (χ1n) is 8.95. The van der Waals surface area contributed by atoms with E-state index in [1.54, 1.807) is 6.07 Å². The van der Waals surface area contributed by atoms with Crippen LogP contribution in [0.5, 0.6) is 5.75 Å². The van der Waals surface area contributed by atoms with E-state index < -0.39 is 5.60 Å². The molecule has 2 aliphatic heterocycles. The minimum absolute atomic E-state index is 0.0741. The molecule has 0 radical (unpaired) electrons. The molecule has 1 saturated heterocycles. The molecule has 0 bridgehead atoms. The van der Waals surface area contributed by atoms with Gasteiger partial charge in [-0.2, -0.15) is 0 Å². The normalized spacial score (nSPS) is 18.7. The zero-order valence-corrected chi connectivity index (χ0v) is 15.9. The summed E-state index contributed by atoms with van der Waals surface area (Å²) in [5.74, 6) is 0.702. The van der Waals surface area contributed by atoms with Gasteiger partial charge >= 0.3 is 6.03 Å². The van der Waals surface area contributed by atoms with Gasteiger partial charge in [-0.3, -0.25) is 4.79 Å². The quantitative estimate of drug-likeness (QED) is 0.799. The lowest BCUT2D eigenvalue weighted by atomic mass is 9.82. The van der Waals surface area contributed by atoms with Gasteiger partial charge in [0.05, 0.1) is 12.0 Å². The maximum Gasteiger partial charge on any atom is 0.319 e. The highest BCUT2D eigenvalue weighted by atomic mass is 35.5. The van der Waals surface area contributed by atoms with Crippen LogP contribution in [0.1, 0.15) is 49.0 Å². The van der Waals surface area contributed by atoms with Crippen molar-refractivity contribution in [1.82, 2.24) is 9.80 Å². The van der Waals surface area contributed by atoms with Crippen LogP contribution >= 0.6 is 11.6 Å². The number of carbonyl (C=O) groups is 2. The Morgan fingerprint density at radius 2 is 1.92 bits per heavy atom. The molecule has 2 aliphatic rings. The van der Waals surface area contributed by atoms with Crippen LogP contribution in [-0.4, -0.2) is 53.4 Å². The van der Waals surface area contributed by atoms with Gasteiger partial charge in [-0.25, -0.2) is 4.79 Å². The van der Waals surface area contributed by atoms with Gasteiger partial charge in [-0.1, -0.05) is 11.6 Å². The number of ketones is 1. The Kier molecular flexibility index (Phi) is 4.96. The van der Waals surface area contributed by atoms with Crippen molar-refractivity contribution in [2.24, 2.45) is 0 Å². The number of halogens is 1. The maximum atomic E-state index is 12.6. The molecule has 0 saturated carbocycles. The Morgan fingerprint density at radius 1 is 1.28 bits per heavy atom. The van der Waals surface area contributed by atoms with Crippen molar-refractivity contribution in [3.63, 3.8) is 0 Å². The second-order valence-electron chi connectivity index (χ2n) is 6.92. The van der Waals surface area contributed by atoms with Gasteiger partial charge in [0.15, 0.2) is 5.78 Å². The highest BCUT2D eigenvalue weighted by molar-refractivity contribution is 6.31. The van der Waals surface area contributed by atoms with E-state index in [1.807, 2.05) is 36.6 Å². The number of rotatable bonds is 2. The fourth-order valence-electron chi connectivity index (χ4n) is 3.69. The van der Waals surface area contributed by atoms with Crippen LogP contribution in [-0.2, 0) is 0 Å². The summed E-state index contributed by atoms with van der Waals surface area (Å²) < 4.78 is 6.28. The first kappa shape index (κ1) is 18.1. The maximum absolute atomic E-state index is 12.6. The summed E-state index contributed by atoms with van der Waals surface area (Å²) in [6.45, 7) is 8.52. The number of amides is 2. The van der Waals surface area contributed by atoms with Gasteiger partial charge in [0.1, 0.15) is 11.4 Å². The lowest BCUT2D eigenvalue weighted by molar-refractivity contribution is -0.00353. The minimum Gasteiger partial charge on any atom is -0.486 e. The SMILES string of the molecule is CCN(CC)C(=O)N1CCC2(CC1)CC(=O)c1cc(Cl)c(C)cc1O2. The topological polar surface area (TPSA) is 49.9 Å². The molecule has 2 amide bonds. The lowest BCUT2D eigenvalue weighted by Gasteiger charge is -2.44. The minimum atomic E-state index is -0.496. The highest BCUT2D eigenvalue weighted by Crippen LogP contribution is 2.41. The van der Waals surface area contributed by atoms with Crippen molar-refractivity contribution in [2.45, 2.75) is 45.6 Å². The van der Waals surface area contributed by atoms with E-state index >= 15 is 0 Å². The third kappa shape index (κ3) is 3.34. The van der Waals surface area contributed by atoms with Gasteiger partial charge in [0, 0.05) is 44.0 Å². The van der Waals surface area contributed by atoms with Crippen molar-refractivity contribution >= 4 is 23.4 Å². The number of hydrogen-bond acceptors (Lipinski definition) is 3. The van der Waals surface area contributed by atoms with Crippen LogP contribution in [0.2, 0.25) is 5.02 Å². The molecule has 6 heteroatoms. The summed E-state index contributed by atoms with van der Waals surface area (Å²) in [5.41, 5.74) is 0.979. The number of hydrogen-bond donors (Lipinski definition) is 0. The summed E-state index contributed by atoms with van der Waals surface area (Å²) in [4.78, 5) is 28.8. The summed E-state index contributed by atoms with van der Waals surface area (Å²) in [6.07, 6.45) is 1.70. The summed E-state index contributed by atoms with van der Waals surface area (Å²) >= 11 is 6.14. The standard InChI is InChI=1S/C19H25ClN2O3/c1-4-21(5-2)18(24)22-8-6-19(7-9-22)12-16(23)14-11-15(20)13(3)10-17(14)25-19/h10-11H,4-9,12H2,1-3H3. The molecule has 0 N–H and O–H groups in total. The predicted molar refractivity (Wildman–Crippen MR) is 97.6 cm³/mol. The molecular formula is C19H25ClN2O3. The summed E-state index contributed by atoms with van der Waals surface area (Å²) in [5, 5.41) is 0.589. The fourth-order valence-corrected chi connectivity index (χ4v) is 3.86. The fraction of sp³-hybridized carbons (Fsp3) is 0.579. The van der Waals surface area contributed by atoms with E-state index in [0.29, 0.717) is 61.8 Å². The van der Waals surface area contributed by atoms with E-state index in [1.165, 1.54) is 0 Å². The molecule has 0 atom stereocenters. The number of likely N-dealkylation sites (tertiary alicyclic amines) is 1. The number of ether oxygens (including phenoxy) is 1. The molecule has 136 valence electrons. The number of urea groups is 1. The van der Waals surface area contributed by atoms with E-state index in [2.05, 4.69) is 0 Å². The molecule has 0 aliphatic carbocycles. The first-order chi connectivity index (χ1) is 11.9. The summed E-state index contributed by atoms with van der Waals surface area (Å²) in [7, 11) is 0. The largest absolute Gasteiger partial charge is 0.486 e. The first-order valence-corrected chi connectivity index (χ1v) is 9.33. The molecule has 1 spiro atoms. The number of carbonyl (C=O) groups excluding carboxylic acids is 2. The van der Waals surface area contributed by atoms with Crippen LogP contribution < -0.4 is 4.74 Å². The molecule has 2 heterocycles. The number of benzene rings is 1. The lowest BCUT2D eigenvalue weighted by Crippen LogP contribution is -2.54. The van der Waals surface area contributed by atoms with Crippen molar-refractivity contribution in [3.05, 3.63) is 28.3 Å². The highest BCUT2D eigenvalue weighted by Gasteiger charge is 2.44. The van der Waals surface area contributed by atoms with Crippen molar-refractivity contribution in [1.29, 1.82) is 0 Å². The zero-order valence-electron chi connectivity index (χ0n) is 15.1. The van der Waals surface area contributed by atoms with E-state index in [0.717, 1.165) is 5.56 Å². The van der Waals surface area contributed by atoms with Crippen LogP contribution in [0.3, 0.4) is 0 Å². The Labute approximate surface area is 153 Å². The zero-order chi connectivity index (χ0) is 18.2. The molecule has 5 nitrogen and oxygen atoms in total. The summed E-state index contributed by atoms with van der Waals surface area (Å²) in [6, 6.07) is 3.63. The van der Waals surface area contributed by atoms with Crippen molar-refractivity contribution in [2.75, 3.05) is 26.2 Å². The van der Waals surface area contributed by atoms with Gasteiger partial charge < -0.3 is 14.5 Å². The Morgan fingerprint density at radius 3 is 2.52 bits per heavy atom. The van der Waals surface area contributed by atoms with Crippen LogP contribution in [0, 0.1) is 6.92 Å². The van der Waals surface area contributed by atoms with Gasteiger partial charge in [0.2, 0.25) is 0 Å². The number of piperidine rings is 1. The monoisotopic (exact) mass is 364 g/mol. The van der Waals surface area contributed by atoms with Gasteiger partial charge in [0.25, 0.3) is 0 Å². The second kappa shape index (κ2) is 6.87. The van der Waals surface area contributed by atoms with Crippen LogP contribution in [0.4, 0.5) is 4.79 Å². The third-order valence-electron chi connectivity index (χ3n) is 5.35. The smallest absolute Gasteiger partial charge is 0.319 e. The Hall–Kier alpha value is -1.75. The second-order valence-corrected chi connectivity index (χ2v) is 7.33. The van der Waals surface area contributed by atoms with Crippen LogP contribution in [0.25, 0.3) is 0 Å². The molecule has 0 aromatic heterocycles. The molecule has 3 rings (SSSR count). The number of nitrogens with zero attached hydrogens (tertiary/aromatic N) is 2. The third-order valence-corrected chi connectivity index (χ3v) is 5.76. The number of Topliss-reactive ketones (excluding diaryl/α,β-unsaturated/α-hetero) is 1. The Bertz CT molecular complexity index is 692. The molecule has 1 aromatic carbocycles. The molecule has 25 heavy (non-hydrogen) atoms. The van der Waals surface area contributed by atoms with E-state index in [4.69, 9.17) is 16.3 Å². The van der Waals surface area contributed by atoms with Gasteiger partial charge in [-0.05, 0) is 38.5 Å². The van der Waals surface area contributed by atoms with Crippen LogP contribution in [0.15, 0.2) is 12.1 Å². The molecule has 1 fully saturated rings. The average molecular weight is 365 g/mol. The number of fused-ring (bicyclic) bond motifs is 1.